The van der Waals surface area contributed by atoms with E-state index < -0.39 is 34.8 Å². The first kappa shape index (κ1) is 16.6. The first-order valence-electron chi connectivity index (χ1n) is 5.11. The minimum Gasteiger partial charge on any atom is -0.284 e. The molecule has 0 fully saturated rings. The minimum atomic E-state index is -4.35. The molecule has 0 saturated carbocycles. The molecule has 0 aliphatic heterocycles. The molecule has 0 saturated heterocycles. The molecular formula is C10H10BrClF3NO2S. The number of benzene rings is 1. The van der Waals surface area contributed by atoms with Crippen LogP contribution >= 0.6 is 27.5 Å². The third-order valence-electron chi connectivity index (χ3n) is 2.07. The number of sulfonamides is 1. The zero-order valence-corrected chi connectivity index (χ0v) is 12.6. The van der Waals surface area contributed by atoms with Crippen molar-refractivity contribution < 1.29 is 21.6 Å². The Morgan fingerprint density at radius 3 is 2.47 bits per heavy atom. The van der Waals surface area contributed by atoms with Crippen molar-refractivity contribution in [1.29, 1.82) is 0 Å². The number of halogens is 5. The van der Waals surface area contributed by atoms with Gasteiger partial charge in [-0.1, -0.05) is 11.6 Å². The largest absolute Gasteiger partial charge is 0.389 e. The van der Waals surface area contributed by atoms with Crippen molar-refractivity contribution in [2.75, 3.05) is 10.5 Å². The second kappa shape index (κ2) is 6.32. The molecule has 19 heavy (non-hydrogen) atoms. The van der Waals surface area contributed by atoms with Crippen LogP contribution in [0.15, 0.2) is 22.7 Å². The Bertz CT molecular complexity index is 548. The van der Waals surface area contributed by atoms with Crippen LogP contribution < -0.4 is 4.72 Å². The number of anilines is 1. The third-order valence-corrected chi connectivity index (χ3v) is 4.67. The zero-order valence-electron chi connectivity index (χ0n) is 9.47. The highest BCUT2D eigenvalue weighted by atomic mass is 79.9. The van der Waals surface area contributed by atoms with Gasteiger partial charge in [0.1, 0.15) is 0 Å². The first-order chi connectivity index (χ1) is 8.59. The molecule has 0 spiro atoms. The van der Waals surface area contributed by atoms with Gasteiger partial charge in [0, 0.05) is 10.9 Å². The van der Waals surface area contributed by atoms with Gasteiger partial charge in [0.15, 0.2) is 0 Å². The van der Waals surface area contributed by atoms with Gasteiger partial charge < -0.3 is 0 Å². The molecule has 1 aromatic carbocycles. The molecule has 0 unspecified atom stereocenters. The van der Waals surface area contributed by atoms with Gasteiger partial charge in [-0.25, -0.2) is 8.42 Å². The highest BCUT2D eigenvalue weighted by molar-refractivity contribution is 9.10. The van der Waals surface area contributed by atoms with Crippen molar-refractivity contribution in [3.05, 3.63) is 27.7 Å². The molecule has 0 bridgehead atoms. The van der Waals surface area contributed by atoms with Gasteiger partial charge in [-0.05, 0) is 40.5 Å². The van der Waals surface area contributed by atoms with Crippen LogP contribution in [-0.4, -0.2) is 20.3 Å². The predicted molar refractivity (Wildman–Crippen MR) is 71.9 cm³/mol. The molecular weight excluding hydrogens is 371 g/mol. The fourth-order valence-electron chi connectivity index (χ4n) is 1.25. The molecule has 0 aliphatic carbocycles. The van der Waals surface area contributed by atoms with E-state index in [4.69, 9.17) is 11.6 Å². The van der Waals surface area contributed by atoms with Crippen LogP contribution in [0.4, 0.5) is 18.9 Å². The molecule has 0 heterocycles. The number of rotatable bonds is 5. The van der Waals surface area contributed by atoms with Crippen molar-refractivity contribution in [3.63, 3.8) is 0 Å². The molecule has 0 radical (unpaired) electrons. The second-order valence-electron chi connectivity index (χ2n) is 3.77. The number of hydrogen-bond acceptors (Lipinski definition) is 2. The number of alkyl halides is 3. The minimum absolute atomic E-state index is 0.209. The lowest BCUT2D eigenvalue weighted by Crippen LogP contribution is -2.18. The van der Waals surface area contributed by atoms with Crippen molar-refractivity contribution >= 4 is 43.2 Å². The maximum Gasteiger partial charge on any atom is 0.389 e. The van der Waals surface area contributed by atoms with E-state index in [-0.39, 0.29) is 5.69 Å². The van der Waals surface area contributed by atoms with E-state index >= 15 is 0 Å². The summed E-state index contributed by atoms with van der Waals surface area (Å²) >= 11 is 8.91. The lowest BCUT2D eigenvalue weighted by molar-refractivity contribution is -0.134. The molecule has 0 aromatic heterocycles. The number of nitrogens with one attached hydrogen (secondary N) is 1. The quantitative estimate of drug-likeness (QED) is 0.833. The van der Waals surface area contributed by atoms with Gasteiger partial charge in [-0.3, -0.25) is 4.72 Å². The Morgan fingerprint density at radius 1 is 1.32 bits per heavy atom. The summed E-state index contributed by atoms with van der Waals surface area (Å²) in [5.74, 6) is -0.597. The van der Waals surface area contributed by atoms with Gasteiger partial charge in [-0.15, -0.1) is 0 Å². The number of hydrogen-bond donors (Lipinski definition) is 1. The van der Waals surface area contributed by atoms with Crippen molar-refractivity contribution in [2.45, 2.75) is 19.0 Å². The Hall–Kier alpha value is -0.470. The third kappa shape index (κ3) is 6.49. The highest BCUT2D eigenvalue weighted by Gasteiger charge is 2.27. The lowest BCUT2D eigenvalue weighted by Gasteiger charge is -2.09. The van der Waals surface area contributed by atoms with E-state index in [1.807, 2.05) is 0 Å². The van der Waals surface area contributed by atoms with E-state index in [9.17, 15) is 21.6 Å². The summed E-state index contributed by atoms with van der Waals surface area (Å²) in [6, 6.07) is 4.36. The van der Waals surface area contributed by atoms with Gasteiger partial charge >= 0.3 is 6.18 Å². The molecule has 9 heteroatoms. The zero-order chi connectivity index (χ0) is 14.7. The van der Waals surface area contributed by atoms with Crippen LogP contribution in [0.1, 0.15) is 12.8 Å². The van der Waals surface area contributed by atoms with E-state index in [2.05, 4.69) is 20.7 Å². The van der Waals surface area contributed by atoms with Crippen LogP contribution in [0.2, 0.25) is 5.02 Å². The molecule has 1 aromatic rings. The van der Waals surface area contributed by atoms with Gasteiger partial charge in [0.2, 0.25) is 10.0 Å². The van der Waals surface area contributed by atoms with Crippen LogP contribution in [0.25, 0.3) is 0 Å². The Morgan fingerprint density at radius 2 is 1.95 bits per heavy atom. The van der Waals surface area contributed by atoms with E-state index in [1.54, 1.807) is 0 Å². The molecule has 0 amide bonds. The molecule has 3 nitrogen and oxygen atoms in total. The van der Waals surface area contributed by atoms with Gasteiger partial charge in [0.05, 0.1) is 16.5 Å². The molecule has 108 valence electrons. The maximum absolute atomic E-state index is 11.9. The Balaban J connectivity index is 2.61. The molecule has 1 N–H and O–H groups in total. The van der Waals surface area contributed by atoms with E-state index in [0.717, 1.165) is 0 Å². The van der Waals surface area contributed by atoms with E-state index in [0.29, 0.717) is 9.50 Å². The molecule has 0 atom stereocenters. The van der Waals surface area contributed by atoms with Gasteiger partial charge in [-0.2, -0.15) is 13.2 Å². The topological polar surface area (TPSA) is 46.2 Å². The van der Waals surface area contributed by atoms with E-state index in [1.165, 1.54) is 18.2 Å². The fraction of sp³-hybridized carbons (Fsp3) is 0.400. The first-order valence-corrected chi connectivity index (χ1v) is 7.94. The average Bonchev–Trinajstić information content (AvgIpc) is 2.20. The Kier molecular flexibility index (Phi) is 5.52. The summed E-state index contributed by atoms with van der Waals surface area (Å²) in [7, 11) is -3.81. The summed E-state index contributed by atoms with van der Waals surface area (Å²) in [6.45, 7) is 0. The van der Waals surface area contributed by atoms with Crippen molar-refractivity contribution in [1.82, 2.24) is 0 Å². The van der Waals surface area contributed by atoms with Crippen LogP contribution in [0.3, 0.4) is 0 Å². The predicted octanol–water partition coefficient (Wildman–Crippen LogP) is 4.19. The maximum atomic E-state index is 11.9. The van der Waals surface area contributed by atoms with Crippen LogP contribution in [0.5, 0.6) is 0 Å². The smallest absolute Gasteiger partial charge is 0.284 e. The second-order valence-corrected chi connectivity index (χ2v) is 6.87. The van der Waals surface area contributed by atoms with Crippen molar-refractivity contribution in [3.8, 4) is 0 Å². The summed E-state index contributed by atoms with van der Waals surface area (Å²) in [4.78, 5) is 0. The summed E-state index contributed by atoms with van der Waals surface area (Å²) < 4.78 is 61.6. The normalized spacial score (nSPS) is 12.5. The summed E-state index contributed by atoms with van der Waals surface area (Å²) in [5, 5.41) is 0.301. The van der Waals surface area contributed by atoms with Crippen molar-refractivity contribution in [2.24, 2.45) is 0 Å². The fourth-order valence-corrected chi connectivity index (χ4v) is 2.79. The van der Waals surface area contributed by atoms with Gasteiger partial charge in [0.25, 0.3) is 0 Å². The molecule has 1 rings (SSSR count). The standard InChI is InChI=1S/C10H10BrClF3NO2S/c11-8-3-2-7(6-9(8)12)16-19(17,18)5-1-4-10(13,14)15/h2-3,6,16H,1,4-5H2. The average molecular weight is 381 g/mol. The molecule has 0 aliphatic rings. The summed E-state index contributed by atoms with van der Waals surface area (Å²) in [5.41, 5.74) is 0.209. The lowest BCUT2D eigenvalue weighted by atomic mass is 10.3. The highest BCUT2D eigenvalue weighted by Crippen LogP contribution is 2.26. The SMILES string of the molecule is O=S(=O)(CCCC(F)(F)F)Nc1ccc(Br)c(Cl)c1. The van der Waals surface area contributed by atoms with Crippen LogP contribution in [0, 0.1) is 0 Å². The Labute approximate surface area is 122 Å². The van der Waals surface area contributed by atoms with Crippen LogP contribution in [-0.2, 0) is 10.0 Å². The summed E-state index contributed by atoms with van der Waals surface area (Å²) in [6.07, 6.45) is -5.96. The monoisotopic (exact) mass is 379 g/mol.